The molecule has 0 radical (unpaired) electrons. The lowest BCUT2D eigenvalue weighted by atomic mass is 10.0. The van der Waals surface area contributed by atoms with E-state index in [4.69, 9.17) is 15.6 Å². The molecule has 1 aromatic heterocycles. The second-order valence-electron chi connectivity index (χ2n) is 4.35. The van der Waals surface area contributed by atoms with E-state index < -0.39 is 47.8 Å². The number of nitrogens with one attached hydrogen (secondary N) is 1. The van der Waals surface area contributed by atoms with Crippen molar-refractivity contribution in [3.05, 3.63) is 33.1 Å². The van der Waals surface area contributed by atoms with E-state index in [2.05, 4.69) is 0 Å². The minimum absolute atomic E-state index is 0.641. The zero-order valence-electron chi connectivity index (χ0n) is 10.0. The zero-order chi connectivity index (χ0) is 15.0. The van der Waals surface area contributed by atoms with E-state index in [1.807, 2.05) is 4.98 Å². The number of hydrogen-bond donors (Lipinski definition) is 5. The molecule has 5 atom stereocenters. The first-order valence-electron chi connectivity index (χ1n) is 5.64. The van der Waals surface area contributed by atoms with E-state index in [-0.39, 0.29) is 0 Å². The molecule has 0 amide bonds. The molecule has 1 fully saturated rings. The van der Waals surface area contributed by atoms with Gasteiger partial charge in [0.25, 0.3) is 5.56 Å². The van der Waals surface area contributed by atoms with Gasteiger partial charge in [0.1, 0.15) is 24.4 Å². The fourth-order valence-electron chi connectivity index (χ4n) is 1.98. The Labute approximate surface area is 111 Å². The molecule has 10 nitrogen and oxygen atoms in total. The smallest absolute Gasteiger partial charge is 0.330 e. The number of aromatic nitrogens is 2. The molecule has 1 aliphatic heterocycles. The van der Waals surface area contributed by atoms with Gasteiger partial charge in [0.2, 0.25) is 0 Å². The standard InChI is InChI=1S/C10H13N3O7/c11-4(9(17)18)7-5(15)6(16)8(20-7)13-2-1-3(14)12-10(13)19/h1-2,4-8,15-16H,11H2,(H,17,18)(H,12,14,19)/t4-,5-,6+,7+,8?/m0/s1. The van der Waals surface area contributed by atoms with Crippen LogP contribution in [0.3, 0.4) is 0 Å². The van der Waals surface area contributed by atoms with Gasteiger partial charge in [-0.25, -0.2) is 4.79 Å². The monoisotopic (exact) mass is 287 g/mol. The number of nitrogens with two attached hydrogens (primary N) is 1. The molecule has 10 heteroatoms. The minimum Gasteiger partial charge on any atom is -0.480 e. The first-order valence-corrected chi connectivity index (χ1v) is 5.64. The van der Waals surface area contributed by atoms with Crippen LogP contribution in [0.25, 0.3) is 0 Å². The van der Waals surface area contributed by atoms with E-state index in [9.17, 15) is 24.6 Å². The summed E-state index contributed by atoms with van der Waals surface area (Å²) in [6, 6.07) is -0.544. The molecular formula is C10H13N3O7. The Bertz CT molecular complexity index is 624. The van der Waals surface area contributed by atoms with E-state index in [1.165, 1.54) is 0 Å². The fraction of sp³-hybridized carbons (Fsp3) is 0.500. The van der Waals surface area contributed by atoms with Crippen LogP contribution >= 0.6 is 0 Å². The van der Waals surface area contributed by atoms with Gasteiger partial charge in [-0.3, -0.25) is 19.1 Å². The maximum atomic E-state index is 11.6. The minimum atomic E-state index is -1.58. The van der Waals surface area contributed by atoms with Gasteiger partial charge in [-0.05, 0) is 0 Å². The number of carbonyl (C=O) groups is 1. The van der Waals surface area contributed by atoms with Gasteiger partial charge in [0, 0.05) is 12.3 Å². The summed E-state index contributed by atoms with van der Waals surface area (Å²) in [6.45, 7) is 0. The van der Waals surface area contributed by atoms with E-state index in [0.717, 1.165) is 16.8 Å². The third-order valence-electron chi connectivity index (χ3n) is 3.04. The van der Waals surface area contributed by atoms with Gasteiger partial charge >= 0.3 is 11.7 Å². The first kappa shape index (κ1) is 14.4. The Kier molecular flexibility index (Phi) is 3.72. The van der Waals surface area contributed by atoms with Crippen LogP contribution in [-0.2, 0) is 9.53 Å². The highest BCUT2D eigenvalue weighted by molar-refractivity contribution is 5.74. The molecule has 0 spiro atoms. The molecule has 110 valence electrons. The van der Waals surface area contributed by atoms with Crippen LogP contribution in [0.15, 0.2) is 21.9 Å². The lowest BCUT2D eigenvalue weighted by molar-refractivity contribution is -0.144. The van der Waals surface area contributed by atoms with Crippen LogP contribution in [0.2, 0.25) is 0 Å². The van der Waals surface area contributed by atoms with Gasteiger partial charge in [-0.15, -0.1) is 0 Å². The lowest BCUT2D eigenvalue weighted by Crippen LogP contribution is -2.48. The van der Waals surface area contributed by atoms with Crippen molar-refractivity contribution in [1.29, 1.82) is 0 Å². The number of carboxylic acid groups (broad SMARTS) is 1. The van der Waals surface area contributed by atoms with Gasteiger partial charge < -0.3 is 25.8 Å². The molecule has 1 aliphatic rings. The average Bonchev–Trinajstić information content (AvgIpc) is 2.66. The van der Waals surface area contributed by atoms with Crippen LogP contribution in [0.4, 0.5) is 0 Å². The molecule has 0 aliphatic carbocycles. The van der Waals surface area contributed by atoms with Crippen molar-refractivity contribution >= 4 is 5.97 Å². The number of nitrogens with zero attached hydrogens (tertiary/aromatic N) is 1. The molecule has 0 saturated carbocycles. The maximum Gasteiger partial charge on any atom is 0.330 e. The van der Waals surface area contributed by atoms with Crippen molar-refractivity contribution in [2.45, 2.75) is 30.6 Å². The molecule has 1 unspecified atom stereocenters. The second-order valence-corrected chi connectivity index (χ2v) is 4.35. The Hall–Kier alpha value is -2.01. The Morgan fingerprint density at radius 2 is 2.05 bits per heavy atom. The number of aromatic amines is 1. The number of aliphatic hydroxyl groups is 2. The van der Waals surface area contributed by atoms with Crippen LogP contribution in [-0.4, -0.2) is 55.2 Å². The third-order valence-corrected chi connectivity index (χ3v) is 3.04. The molecule has 1 aromatic rings. The summed E-state index contributed by atoms with van der Waals surface area (Å²) < 4.78 is 5.99. The largest absolute Gasteiger partial charge is 0.480 e. The topological polar surface area (TPSA) is 168 Å². The Morgan fingerprint density at radius 3 is 2.60 bits per heavy atom. The molecule has 6 N–H and O–H groups in total. The molecule has 0 aromatic carbocycles. The number of ether oxygens (including phenoxy) is 1. The number of H-pyrrole nitrogens is 1. The molecule has 2 heterocycles. The number of rotatable bonds is 3. The Morgan fingerprint density at radius 1 is 1.40 bits per heavy atom. The highest BCUT2D eigenvalue weighted by Gasteiger charge is 2.48. The number of aliphatic carboxylic acids is 1. The highest BCUT2D eigenvalue weighted by Crippen LogP contribution is 2.29. The highest BCUT2D eigenvalue weighted by atomic mass is 16.6. The predicted molar refractivity (Wildman–Crippen MR) is 62.9 cm³/mol. The summed E-state index contributed by atoms with van der Waals surface area (Å²) in [5.74, 6) is -1.42. The van der Waals surface area contributed by atoms with Crippen LogP contribution in [0.5, 0.6) is 0 Å². The molecule has 1 saturated heterocycles. The molecular weight excluding hydrogens is 274 g/mol. The van der Waals surface area contributed by atoms with Crippen molar-refractivity contribution in [1.82, 2.24) is 9.55 Å². The summed E-state index contributed by atoms with van der Waals surface area (Å²) in [6.07, 6.45) is -4.80. The van der Waals surface area contributed by atoms with E-state index in [0.29, 0.717) is 0 Å². The summed E-state index contributed by atoms with van der Waals surface area (Å²) in [5, 5.41) is 28.4. The number of hydrogen-bond acceptors (Lipinski definition) is 7. The summed E-state index contributed by atoms with van der Waals surface area (Å²) in [7, 11) is 0. The lowest BCUT2D eigenvalue weighted by Gasteiger charge is -2.18. The van der Waals surface area contributed by atoms with Crippen LogP contribution in [0, 0.1) is 0 Å². The van der Waals surface area contributed by atoms with Gasteiger partial charge in [0.05, 0.1) is 0 Å². The molecule has 20 heavy (non-hydrogen) atoms. The first-order chi connectivity index (χ1) is 9.32. The normalized spacial score (nSPS) is 31.1. The van der Waals surface area contributed by atoms with E-state index in [1.54, 1.807) is 0 Å². The van der Waals surface area contributed by atoms with E-state index >= 15 is 0 Å². The molecule has 0 bridgehead atoms. The third kappa shape index (κ3) is 2.36. The molecule has 2 rings (SSSR count). The fourth-order valence-corrected chi connectivity index (χ4v) is 1.98. The maximum absolute atomic E-state index is 11.6. The van der Waals surface area contributed by atoms with Gasteiger partial charge in [0.15, 0.2) is 6.23 Å². The SMILES string of the molecule is N[C@H](C(=O)O)[C@H]1OC(n2ccc(=O)[nH]c2=O)[C@H](O)[C@@H]1O. The second kappa shape index (κ2) is 5.17. The van der Waals surface area contributed by atoms with Crippen LogP contribution < -0.4 is 17.0 Å². The number of aliphatic hydroxyl groups excluding tert-OH is 2. The summed E-state index contributed by atoms with van der Waals surface area (Å²) >= 11 is 0. The Balaban J connectivity index is 2.33. The van der Waals surface area contributed by atoms with Crippen molar-refractivity contribution in [2.24, 2.45) is 5.73 Å². The van der Waals surface area contributed by atoms with Crippen LogP contribution in [0.1, 0.15) is 6.23 Å². The summed E-state index contributed by atoms with van der Waals surface area (Å²) in [4.78, 5) is 35.3. The van der Waals surface area contributed by atoms with Crippen molar-refractivity contribution in [3.63, 3.8) is 0 Å². The predicted octanol–water partition coefficient (Wildman–Crippen LogP) is -3.43. The quantitative estimate of drug-likeness (QED) is 0.382. The van der Waals surface area contributed by atoms with Crippen molar-refractivity contribution in [2.75, 3.05) is 0 Å². The number of carboxylic acids is 1. The average molecular weight is 287 g/mol. The summed E-state index contributed by atoms with van der Waals surface area (Å²) in [5.41, 5.74) is 3.83. The zero-order valence-corrected chi connectivity index (χ0v) is 10.0. The van der Waals surface area contributed by atoms with Gasteiger partial charge in [-0.2, -0.15) is 0 Å². The van der Waals surface area contributed by atoms with Crippen molar-refractivity contribution < 1.29 is 24.9 Å². The van der Waals surface area contributed by atoms with Gasteiger partial charge in [-0.1, -0.05) is 0 Å². The van der Waals surface area contributed by atoms with Crippen molar-refractivity contribution in [3.8, 4) is 0 Å².